The highest BCUT2D eigenvalue weighted by molar-refractivity contribution is 5.86. The Bertz CT molecular complexity index is 377. The Morgan fingerprint density at radius 2 is 1.82 bits per heavy atom. The molecular formula is C15H28N2O5. The largest absolute Gasteiger partial charge is 0.466 e. The molecule has 0 aliphatic heterocycles. The van der Waals surface area contributed by atoms with Gasteiger partial charge in [-0.1, -0.05) is 13.3 Å². The molecule has 0 heterocycles. The Balaban J connectivity index is 3.92. The zero-order chi connectivity index (χ0) is 17.2. The summed E-state index contributed by atoms with van der Waals surface area (Å²) in [5.41, 5.74) is 5.06. The smallest absolute Gasteiger partial charge is 0.325 e. The number of nitrogens with one attached hydrogen (secondary N) is 1. The van der Waals surface area contributed by atoms with Crippen molar-refractivity contribution in [3.63, 3.8) is 0 Å². The molecule has 0 aromatic heterocycles. The molecule has 1 amide bonds. The molecule has 7 nitrogen and oxygen atoms in total. The monoisotopic (exact) mass is 316 g/mol. The maximum atomic E-state index is 11.7. The lowest BCUT2D eigenvalue weighted by atomic mass is 10.1. The molecule has 0 saturated carbocycles. The van der Waals surface area contributed by atoms with E-state index in [2.05, 4.69) is 5.32 Å². The van der Waals surface area contributed by atoms with Gasteiger partial charge in [0.05, 0.1) is 12.6 Å². The van der Waals surface area contributed by atoms with Gasteiger partial charge in [0.2, 0.25) is 5.91 Å². The number of unbranched alkanes of at least 4 members (excludes halogenated alkanes) is 1. The van der Waals surface area contributed by atoms with Crippen molar-refractivity contribution in [2.45, 2.75) is 65.0 Å². The molecule has 0 fully saturated rings. The zero-order valence-electron chi connectivity index (χ0n) is 13.9. The minimum Gasteiger partial charge on any atom is -0.466 e. The van der Waals surface area contributed by atoms with Crippen molar-refractivity contribution in [1.82, 2.24) is 5.32 Å². The molecule has 0 aromatic carbocycles. The normalized spacial score (nSPS) is 12.4. The number of hydrogen-bond donors (Lipinski definition) is 2. The molecule has 0 saturated heterocycles. The molecule has 7 heteroatoms. The minimum absolute atomic E-state index is 0.0741. The summed E-state index contributed by atoms with van der Waals surface area (Å²) in [6, 6.07) is -0.860. The van der Waals surface area contributed by atoms with Crippen LogP contribution in [0.4, 0.5) is 0 Å². The van der Waals surface area contributed by atoms with E-state index in [0.717, 1.165) is 12.8 Å². The van der Waals surface area contributed by atoms with Crippen LogP contribution in [0.3, 0.4) is 0 Å². The molecule has 0 radical (unpaired) electrons. The fraction of sp³-hybridized carbons (Fsp3) is 0.800. The number of nitrogens with two attached hydrogens (primary N) is 1. The second-order valence-corrected chi connectivity index (χ2v) is 6.02. The van der Waals surface area contributed by atoms with Gasteiger partial charge in [-0.2, -0.15) is 0 Å². The van der Waals surface area contributed by atoms with Crippen molar-refractivity contribution in [1.29, 1.82) is 0 Å². The zero-order valence-corrected chi connectivity index (χ0v) is 13.9. The van der Waals surface area contributed by atoms with Crippen LogP contribution in [0, 0.1) is 0 Å². The van der Waals surface area contributed by atoms with Gasteiger partial charge in [-0.3, -0.25) is 14.4 Å². The average molecular weight is 316 g/mol. The fourth-order valence-electron chi connectivity index (χ4n) is 1.47. The molecule has 0 aliphatic carbocycles. The Morgan fingerprint density at radius 3 is 2.36 bits per heavy atom. The summed E-state index contributed by atoms with van der Waals surface area (Å²) in [6.45, 7) is 7.35. The Morgan fingerprint density at radius 1 is 1.18 bits per heavy atom. The maximum Gasteiger partial charge on any atom is 0.325 e. The summed E-state index contributed by atoms with van der Waals surface area (Å²) in [6.07, 6.45) is 2.00. The standard InChI is InChI=1S/C15H28N2O5/c1-5-6-9-21-12(18)8-7-11(16)14(20)17-10-13(19)22-15(2,3)4/h11H,5-10,16H2,1-4H3,(H,17,20). The minimum atomic E-state index is -0.860. The van der Waals surface area contributed by atoms with E-state index < -0.39 is 23.5 Å². The number of esters is 2. The molecule has 3 N–H and O–H groups in total. The van der Waals surface area contributed by atoms with Gasteiger partial charge in [0.15, 0.2) is 0 Å². The highest BCUT2D eigenvalue weighted by Gasteiger charge is 2.19. The van der Waals surface area contributed by atoms with Gasteiger partial charge >= 0.3 is 11.9 Å². The van der Waals surface area contributed by atoms with Crippen LogP contribution in [0.25, 0.3) is 0 Å². The Hall–Kier alpha value is -1.63. The molecule has 22 heavy (non-hydrogen) atoms. The van der Waals surface area contributed by atoms with Crippen LogP contribution in [0.2, 0.25) is 0 Å². The summed E-state index contributed by atoms with van der Waals surface area (Å²) in [7, 11) is 0. The first-order valence-electron chi connectivity index (χ1n) is 7.56. The van der Waals surface area contributed by atoms with Gasteiger partial charge in [-0.15, -0.1) is 0 Å². The second kappa shape index (κ2) is 10.2. The van der Waals surface area contributed by atoms with Gasteiger partial charge in [-0.05, 0) is 33.6 Å². The van der Waals surface area contributed by atoms with E-state index >= 15 is 0 Å². The van der Waals surface area contributed by atoms with E-state index in [-0.39, 0.29) is 25.4 Å². The van der Waals surface area contributed by atoms with Crippen LogP contribution in [-0.2, 0) is 23.9 Å². The van der Waals surface area contributed by atoms with Gasteiger partial charge in [-0.25, -0.2) is 0 Å². The van der Waals surface area contributed by atoms with E-state index in [1.807, 2.05) is 6.92 Å². The third-order valence-corrected chi connectivity index (χ3v) is 2.58. The third-order valence-electron chi connectivity index (χ3n) is 2.58. The van der Waals surface area contributed by atoms with Crippen LogP contribution in [0.15, 0.2) is 0 Å². The van der Waals surface area contributed by atoms with Gasteiger partial charge in [0.25, 0.3) is 0 Å². The first kappa shape index (κ1) is 20.4. The highest BCUT2D eigenvalue weighted by Crippen LogP contribution is 2.06. The van der Waals surface area contributed by atoms with Crippen LogP contribution < -0.4 is 11.1 Å². The summed E-state index contributed by atoms with van der Waals surface area (Å²) < 4.78 is 10.0. The van der Waals surface area contributed by atoms with E-state index in [1.165, 1.54) is 0 Å². The number of carbonyl (C=O) groups is 3. The number of hydrogen-bond acceptors (Lipinski definition) is 6. The van der Waals surface area contributed by atoms with Gasteiger partial charge in [0, 0.05) is 6.42 Å². The van der Waals surface area contributed by atoms with Crippen molar-refractivity contribution >= 4 is 17.8 Å². The van der Waals surface area contributed by atoms with Crippen LogP contribution in [0.1, 0.15) is 53.4 Å². The molecule has 0 aromatic rings. The molecule has 0 aliphatic rings. The summed E-state index contributed by atoms with van der Waals surface area (Å²) in [5, 5.41) is 2.39. The van der Waals surface area contributed by atoms with Crippen LogP contribution >= 0.6 is 0 Å². The molecule has 1 unspecified atom stereocenters. The van der Waals surface area contributed by atoms with Crippen molar-refractivity contribution in [2.75, 3.05) is 13.2 Å². The SMILES string of the molecule is CCCCOC(=O)CCC(N)C(=O)NCC(=O)OC(C)(C)C. The van der Waals surface area contributed by atoms with Crippen molar-refractivity contribution in [3.8, 4) is 0 Å². The van der Waals surface area contributed by atoms with Gasteiger partial charge < -0.3 is 20.5 Å². The molecule has 1 atom stereocenters. The number of ether oxygens (including phenoxy) is 2. The number of amides is 1. The Kier molecular flexibility index (Phi) is 9.40. The fourth-order valence-corrected chi connectivity index (χ4v) is 1.47. The number of carbonyl (C=O) groups excluding carboxylic acids is 3. The van der Waals surface area contributed by atoms with E-state index in [1.54, 1.807) is 20.8 Å². The van der Waals surface area contributed by atoms with Crippen molar-refractivity contribution < 1.29 is 23.9 Å². The molecule has 0 bridgehead atoms. The first-order valence-corrected chi connectivity index (χ1v) is 7.56. The molecule has 0 rings (SSSR count). The molecule has 0 spiro atoms. The number of rotatable bonds is 9. The first-order chi connectivity index (χ1) is 10.2. The molecular weight excluding hydrogens is 288 g/mol. The van der Waals surface area contributed by atoms with E-state index in [4.69, 9.17) is 15.2 Å². The predicted octanol–water partition coefficient (Wildman–Crippen LogP) is 0.895. The van der Waals surface area contributed by atoms with E-state index in [0.29, 0.717) is 6.61 Å². The highest BCUT2D eigenvalue weighted by atomic mass is 16.6. The van der Waals surface area contributed by atoms with Crippen molar-refractivity contribution in [3.05, 3.63) is 0 Å². The predicted molar refractivity (Wildman–Crippen MR) is 81.9 cm³/mol. The average Bonchev–Trinajstić information content (AvgIpc) is 2.40. The third kappa shape index (κ3) is 11.1. The lowest BCUT2D eigenvalue weighted by molar-refractivity contribution is -0.154. The van der Waals surface area contributed by atoms with Crippen molar-refractivity contribution in [2.24, 2.45) is 5.73 Å². The lowest BCUT2D eigenvalue weighted by Gasteiger charge is -2.20. The van der Waals surface area contributed by atoms with E-state index in [9.17, 15) is 14.4 Å². The quantitative estimate of drug-likeness (QED) is 0.483. The topological polar surface area (TPSA) is 108 Å². The summed E-state index contributed by atoms with van der Waals surface area (Å²) in [5.74, 6) is -1.40. The molecule has 128 valence electrons. The van der Waals surface area contributed by atoms with Crippen LogP contribution in [-0.4, -0.2) is 42.6 Å². The second-order valence-electron chi connectivity index (χ2n) is 6.02. The summed E-state index contributed by atoms with van der Waals surface area (Å²) in [4.78, 5) is 34.5. The maximum absolute atomic E-state index is 11.7. The van der Waals surface area contributed by atoms with Crippen LogP contribution in [0.5, 0.6) is 0 Å². The lowest BCUT2D eigenvalue weighted by Crippen LogP contribution is -2.44. The Labute approximate surface area is 131 Å². The van der Waals surface area contributed by atoms with Gasteiger partial charge in [0.1, 0.15) is 12.1 Å². The summed E-state index contributed by atoms with van der Waals surface area (Å²) >= 11 is 0.